The number of esters is 2. The molecule has 4 aliphatic carbocycles. The first kappa shape index (κ1) is 27.6. The summed E-state index contributed by atoms with van der Waals surface area (Å²) in [5, 5.41) is 35.8. The average molecular weight is 559 g/mol. The minimum Gasteiger partial charge on any atom is -0.457 e. The molecule has 4 aliphatic rings. The maximum Gasteiger partial charge on any atom is 0.343 e. The first-order chi connectivity index (χ1) is 19.4. The molecule has 0 heterocycles. The van der Waals surface area contributed by atoms with E-state index in [0.717, 1.165) is 0 Å². The Labute approximate surface area is 238 Å². The van der Waals surface area contributed by atoms with E-state index < -0.39 is 53.6 Å². The van der Waals surface area contributed by atoms with Crippen LogP contribution in [0.15, 0.2) is 84.1 Å². The number of Topliss-reactive ketones (excluding diaryl/α,β-unsaturated/α-hetero) is 1. The van der Waals surface area contributed by atoms with E-state index in [0.29, 0.717) is 12.0 Å². The average Bonchev–Trinajstić information content (AvgIpc) is 3.47. The number of aliphatic hydroxyl groups is 3. The van der Waals surface area contributed by atoms with Gasteiger partial charge in [0.05, 0.1) is 16.5 Å². The molecule has 2 fully saturated rings. The Morgan fingerprint density at radius 1 is 0.927 bits per heavy atom. The zero-order chi connectivity index (χ0) is 29.3. The van der Waals surface area contributed by atoms with Crippen LogP contribution in [0.1, 0.15) is 47.9 Å². The summed E-state index contributed by atoms with van der Waals surface area (Å²) in [6.45, 7) is 5.64. The quantitative estimate of drug-likeness (QED) is 0.376. The van der Waals surface area contributed by atoms with Crippen molar-refractivity contribution in [1.29, 1.82) is 0 Å². The van der Waals surface area contributed by atoms with E-state index >= 15 is 0 Å². The first-order valence-corrected chi connectivity index (χ1v) is 14.0. The molecule has 0 aromatic heterocycles. The van der Waals surface area contributed by atoms with Gasteiger partial charge in [-0.05, 0) is 65.5 Å². The molecule has 3 N–H and O–H groups in total. The fourth-order valence-electron chi connectivity index (χ4n) is 7.78. The third-order valence-electron chi connectivity index (χ3n) is 10.1. The van der Waals surface area contributed by atoms with E-state index in [1.54, 1.807) is 66.7 Å². The Bertz CT molecular complexity index is 1460. The van der Waals surface area contributed by atoms with Gasteiger partial charge in [0.1, 0.15) is 30.2 Å². The Balaban J connectivity index is 1.41. The van der Waals surface area contributed by atoms with Crippen molar-refractivity contribution >= 4 is 17.7 Å². The molecule has 2 aromatic rings. The summed E-state index contributed by atoms with van der Waals surface area (Å²) in [5.74, 6) is -3.13. The lowest BCUT2D eigenvalue weighted by molar-refractivity contribution is -0.192. The molecule has 1 unspecified atom stereocenters. The van der Waals surface area contributed by atoms with Gasteiger partial charge in [-0.1, -0.05) is 63.2 Å². The zero-order valence-electron chi connectivity index (χ0n) is 23.2. The minimum absolute atomic E-state index is 0.0624. The molecule has 8 nitrogen and oxygen atoms in total. The molecule has 1 spiro atoms. The lowest BCUT2D eigenvalue weighted by Crippen LogP contribution is -2.65. The lowest BCUT2D eigenvalue weighted by Gasteiger charge is -2.47. The fraction of sp³-hybridized carbons (Fsp3) is 0.424. The van der Waals surface area contributed by atoms with Crippen molar-refractivity contribution in [3.05, 3.63) is 95.3 Å². The van der Waals surface area contributed by atoms with Crippen molar-refractivity contribution in [2.75, 3.05) is 6.61 Å². The molecule has 0 amide bonds. The van der Waals surface area contributed by atoms with Gasteiger partial charge in [-0.3, -0.25) is 4.79 Å². The second-order valence-electron chi connectivity index (χ2n) is 12.5. The van der Waals surface area contributed by atoms with E-state index in [4.69, 9.17) is 9.47 Å². The Morgan fingerprint density at radius 3 is 2.12 bits per heavy atom. The lowest BCUT2D eigenvalue weighted by atomic mass is 9.59. The van der Waals surface area contributed by atoms with Crippen LogP contribution in [0.5, 0.6) is 0 Å². The Kier molecular flexibility index (Phi) is 6.37. The molecule has 2 saturated carbocycles. The minimum atomic E-state index is -2.46. The molecule has 0 radical (unpaired) electrons. The predicted octanol–water partition coefficient (Wildman–Crippen LogP) is 3.47. The highest BCUT2D eigenvalue weighted by molar-refractivity contribution is 5.96. The summed E-state index contributed by atoms with van der Waals surface area (Å²) in [6, 6.07) is 16.5. The summed E-state index contributed by atoms with van der Waals surface area (Å²) in [5.41, 5.74) is -3.70. The molecule has 2 aromatic carbocycles. The van der Waals surface area contributed by atoms with Gasteiger partial charge in [0.2, 0.25) is 0 Å². The van der Waals surface area contributed by atoms with Crippen LogP contribution in [0.4, 0.5) is 0 Å². The van der Waals surface area contributed by atoms with Crippen LogP contribution in [0.25, 0.3) is 0 Å². The molecule has 8 atom stereocenters. The summed E-state index contributed by atoms with van der Waals surface area (Å²) in [6.07, 6.45) is -0.119. The Morgan fingerprint density at radius 2 is 1.51 bits per heavy atom. The van der Waals surface area contributed by atoms with Crippen LogP contribution < -0.4 is 0 Å². The van der Waals surface area contributed by atoms with Crippen LogP contribution >= 0.6 is 0 Å². The largest absolute Gasteiger partial charge is 0.457 e. The second kappa shape index (κ2) is 9.48. The number of carbonyl (C=O) groups is 3. The van der Waals surface area contributed by atoms with Gasteiger partial charge in [0, 0.05) is 5.92 Å². The van der Waals surface area contributed by atoms with E-state index in [9.17, 15) is 29.7 Å². The highest BCUT2D eigenvalue weighted by Gasteiger charge is 2.76. The van der Waals surface area contributed by atoms with Crippen molar-refractivity contribution in [1.82, 2.24) is 0 Å². The number of hydrogen-bond donors (Lipinski definition) is 3. The zero-order valence-corrected chi connectivity index (χ0v) is 23.2. The number of hydrogen-bond acceptors (Lipinski definition) is 8. The van der Waals surface area contributed by atoms with Crippen molar-refractivity contribution in [2.24, 2.45) is 34.5 Å². The Hall–Kier alpha value is -3.59. The molecule has 8 heteroatoms. The SMILES string of the molecule is C[C@@H]1C[C@@H]2[C@H]([C@@H]3C=C(COC(=O)c4ccccc4)[C@@H](O)[C@]4(O)[C@@H](O)C(OC(=O)c5ccccc5)=CC14C3=O)C2(C)C. The van der Waals surface area contributed by atoms with E-state index in [2.05, 4.69) is 13.8 Å². The van der Waals surface area contributed by atoms with Gasteiger partial charge in [-0.25, -0.2) is 9.59 Å². The maximum absolute atomic E-state index is 14.6. The number of rotatable bonds is 5. The number of benzene rings is 2. The second-order valence-corrected chi connectivity index (χ2v) is 12.5. The van der Waals surface area contributed by atoms with Crippen LogP contribution in [-0.4, -0.2) is 57.5 Å². The van der Waals surface area contributed by atoms with Crippen molar-refractivity contribution < 1.29 is 39.2 Å². The van der Waals surface area contributed by atoms with Crippen molar-refractivity contribution in [3.63, 3.8) is 0 Å². The highest BCUT2D eigenvalue weighted by Crippen LogP contribution is 2.71. The topological polar surface area (TPSA) is 130 Å². The summed E-state index contributed by atoms with van der Waals surface area (Å²) >= 11 is 0. The van der Waals surface area contributed by atoms with E-state index in [1.165, 1.54) is 6.08 Å². The van der Waals surface area contributed by atoms with Gasteiger partial charge in [0.15, 0.2) is 5.78 Å². The first-order valence-electron chi connectivity index (χ1n) is 14.0. The van der Waals surface area contributed by atoms with Gasteiger partial charge < -0.3 is 24.8 Å². The maximum atomic E-state index is 14.6. The number of ketones is 1. The molecular weight excluding hydrogens is 524 g/mol. The van der Waals surface area contributed by atoms with Gasteiger partial charge in [0.25, 0.3) is 0 Å². The van der Waals surface area contributed by atoms with Crippen LogP contribution in [0, 0.1) is 34.5 Å². The van der Waals surface area contributed by atoms with Crippen molar-refractivity contribution in [2.45, 2.75) is 45.0 Å². The normalized spacial score (nSPS) is 36.5. The number of carbonyl (C=O) groups excluding carboxylic acids is 3. The molecule has 6 rings (SSSR count). The molecule has 214 valence electrons. The monoisotopic (exact) mass is 558 g/mol. The standard InChI is InChI=1S/C33H34O8/c1-18-14-23-25(31(23,2)3)22-15-21(17-40-29(37)19-10-6-4-7-11-19)26(34)33(39)28(36)24(16-32(18,33)27(22)35)41-30(38)20-12-8-5-9-13-20/h4-13,15-16,18,22-23,25-26,28,34,36,39H,14,17H2,1-3H3/t18-,22+,23-,25+,26-,28+,32?,33+/m1/s1. The van der Waals surface area contributed by atoms with Gasteiger partial charge in [-0.2, -0.15) is 0 Å². The highest BCUT2D eigenvalue weighted by atomic mass is 16.6. The fourth-order valence-corrected chi connectivity index (χ4v) is 7.78. The molecule has 41 heavy (non-hydrogen) atoms. The number of fused-ring (bicyclic) bond motifs is 3. The molecular formula is C33H34O8. The summed E-state index contributed by atoms with van der Waals surface area (Å²) in [7, 11) is 0. The van der Waals surface area contributed by atoms with Crippen LogP contribution in [0.3, 0.4) is 0 Å². The van der Waals surface area contributed by atoms with Crippen LogP contribution in [-0.2, 0) is 14.3 Å². The van der Waals surface area contributed by atoms with E-state index in [-0.39, 0.29) is 39.9 Å². The van der Waals surface area contributed by atoms with Crippen molar-refractivity contribution in [3.8, 4) is 0 Å². The molecule has 2 bridgehead atoms. The smallest absolute Gasteiger partial charge is 0.343 e. The van der Waals surface area contributed by atoms with Gasteiger partial charge >= 0.3 is 11.9 Å². The molecule has 0 aliphatic heterocycles. The summed E-state index contributed by atoms with van der Waals surface area (Å²) < 4.78 is 11.1. The third kappa shape index (κ3) is 3.88. The number of allylic oxidation sites excluding steroid dienone is 1. The van der Waals surface area contributed by atoms with E-state index in [1.807, 2.05) is 6.92 Å². The summed E-state index contributed by atoms with van der Waals surface area (Å²) in [4.78, 5) is 40.3. The number of aliphatic hydroxyl groups excluding tert-OH is 2. The van der Waals surface area contributed by atoms with Gasteiger partial charge in [-0.15, -0.1) is 0 Å². The number of ether oxygens (including phenoxy) is 2. The predicted molar refractivity (Wildman–Crippen MR) is 147 cm³/mol. The third-order valence-corrected chi connectivity index (χ3v) is 10.1. The van der Waals surface area contributed by atoms with Crippen LogP contribution in [0.2, 0.25) is 0 Å². The molecule has 0 saturated heterocycles.